The lowest BCUT2D eigenvalue weighted by atomic mass is 9.84. The van der Waals surface area contributed by atoms with E-state index in [2.05, 4.69) is 29.4 Å². The van der Waals surface area contributed by atoms with Gasteiger partial charge >= 0.3 is 0 Å². The van der Waals surface area contributed by atoms with Crippen molar-refractivity contribution >= 4 is 6.21 Å². The van der Waals surface area contributed by atoms with Crippen LogP contribution in [0.25, 0.3) is 0 Å². The molecule has 0 radical (unpaired) electrons. The SMILES string of the molecule is CN1C=C(C2CCCCC2)C=NC1. The average molecular weight is 178 g/mol. The third-order valence-corrected chi connectivity index (χ3v) is 2.99. The summed E-state index contributed by atoms with van der Waals surface area (Å²) < 4.78 is 0. The van der Waals surface area contributed by atoms with Gasteiger partial charge in [-0.3, -0.25) is 4.99 Å². The zero-order valence-electron chi connectivity index (χ0n) is 8.37. The number of nitrogens with zero attached hydrogens (tertiary/aromatic N) is 2. The number of aliphatic imine (C=N–C) groups is 1. The van der Waals surface area contributed by atoms with Gasteiger partial charge in [-0.15, -0.1) is 0 Å². The fourth-order valence-corrected chi connectivity index (χ4v) is 2.25. The van der Waals surface area contributed by atoms with Crippen molar-refractivity contribution in [2.75, 3.05) is 13.7 Å². The van der Waals surface area contributed by atoms with Crippen LogP contribution < -0.4 is 0 Å². The first-order chi connectivity index (χ1) is 6.36. The number of hydrogen-bond donors (Lipinski definition) is 0. The van der Waals surface area contributed by atoms with Crippen molar-refractivity contribution in [3.8, 4) is 0 Å². The molecule has 0 aromatic carbocycles. The average Bonchev–Trinajstić information content (AvgIpc) is 2.19. The third kappa shape index (κ3) is 2.11. The van der Waals surface area contributed by atoms with Crippen molar-refractivity contribution in [3.63, 3.8) is 0 Å². The highest BCUT2D eigenvalue weighted by Gasteiger charge is 2.18. The van der Waals surface area contributed by atoms with Gasteiger partial charge in [0.2, 0.25) is 0 Å². The van der Waals surface area contributed by atoms with Crippen LogP contribution in [0.15, 0.2) is 16.8 Å². The second-order valence-corrected chi connectivity index (χ2v) is 4.17. The van der Waals surface area contributed by atoms with Crippen LogP contribution in [-0.2, 0) is 0 Å². The summed E-state index contributed by atoms with van der Waals surface area (Å²) in [5, 5.41) is 0. The highest BCUT2D eigenvalue weighted by atomic mass is 15.2. The summed E-state index contributed by atoms with van der Waals surface area (Å²) in [4.78, 5) is 6.52. The quantitative estimate of drug-likeness (QED) is 0.602. The van der Waals surface area contributed by atoms with E-state index in [1.54, 1.807) is 0 Å². The van der Waals surface area contributed by atoms with Crippen LogP contribution in [0.5, 0.6) is 0 Å². The summed E-state index contributed by atoms with van der Waals surface area (Å²) in [7, 11) is 2.10. The van der Waals surface area contributed by atoms with E-state index < -0.39 is 0 Å². The van der Waals surface area contributed by atoms with Gasteiger partial charge in [0.05, 0.1) is 0 Å². The largest absolute Gasteiger partial charge is 0.361 e. The van der Waals surface area contributed by atoms with Crippen LogP contribution in [0.2, 0.25) is 0 Å². The maximum Gasteiger partial charge on any atom is 0.109 e. The van der Waals surface area contributed by atoms with E-state index >= 15 is 0 Å². The zero-order valence-corrected chi connectivity index (χ0v) is 8.37. The standard InChI is InChI=1S/C11H18N2/c1-13-8-11(7-12-9-13)10-5-3-2-4-6-10/h7-8,10H,2-6,9H2,1H3. The Balaban J connectivity index is 2.02. The van der Waals surface area contributed by atoms with Gasteiger partial charge in [0.25, 0.3) is 0 Å². The Hall–Kier alpha value is -0.790. The first kappa shape index (κ1) is 8.79. The van der Waals surface area contributed by atoms with Gasteiger partial charge in [-0.05, 0) is 24.3 Å². The monoisotopic (exact) mass is 178 g/mol. The molecule has 13 heavy (non-hydrogen) atoms. The Morgan fingerprint density at radius 2 is 2.08 bits per heavy atom. The normalized spacial score (nSPS) is 24.7. The topological polar surface area (TPSA) is 15.6 Å². The molecule has 0 bridgehead atoms. The highest BCUT2D eigenvalue weighted by Crippen LogP contribution is 2.29. The van der Waals surface area contributed by atoms with Crippen LogP contribution in [-0.4, -0.2) is 24.8 Å². The molecule has 2 aliphatic rings. The molecule has 0 atom stereocenters. The summed E-state index contributed by atoms with van der Waals surface area (Å²) in [6, 6.07) is 0. The summed E-state index contributed by atoms with van der Waals surface area (Å²) >= 11 is 0. The van der Waals surface area contributed by atoms with E-state index in [0.29, 0.717) is 0 Å². The van der Waals surface area contributed by atoms with Gasteiger partial charge in [0.15, 0.2) is 0 Å². The second kappa shape index (κ2) is 3.95. The molecular formula is C11H18N2. The van der Waals surface area contributed by atoms with Gasteiger partial charge in [-0.2, -0.15) is 0 Å². The number of allylic oxidation sites excluding steroid dienone is 1. The lowest BCUT2D eigenvalue weighted by Crippen LogP contribution is -2.20. The summed E-state index contributed by atoms with van der Waals surface area (Å²) in [6.45, 7) is 0.830. The molecule has 0 aromatic rings. The molecule has 0 unspecified atom stereocenters. The number of rotatable bonds is 1. The van der Waals surface area contributed by atoms with E-state index in [-0.39, 0.29) is 0 Å². The molecule has 1 saturated carbocycles. The van der Waals surface area contributed by atoms with Crippen LogP contribution in [0.4, 0.5) is 0 Å². The van der Waals surface area contributed by atoms with E-state index in [4.69, 9.17) is 0 Å². The molecule has 2 rings (SSSR count). The highest BCUT2D eigenvalue weighted by molar-refractivity contribution is 5.79. The van der Waals surface area contributed by atoms with Crippen molar-refractivity contribution in [1.82, 2.24) is 4.90 Å². The Morgan fingerprint density at radius 3 is 2.77 bits per heavy atom. The molecule has 1 fully saturated rings. The van der Waals surface area contributed by atoms with Crippen molar-refractivity contribution in [1.29, 1.82) is 0 Å². The fraction of sp³-hybridized carbons (Fsp3) is 0.727. The lowest BCUT2D eigenvalue weighted by Gasteiger charge is -2.26. The zero-order chi connectivity index (χ0) is 9.10. The van der Waals surface area contributed by atoms with Crippen molar-refractivity contribution in [2.24, 2.45) is 10.9 Å². The van der Waals surface area contributed by atoms with E-state index in [1.165, 1.54) is 37.7 Å². The van der Waals surface area contributed by atoms with Crippen molar-refractivity contribution in [2.45, 2.75) is 32.1 Å². The van der Waals surface area contributed by atoms with E-state index in [9.17, 15) is 0 Å². The van der Waals surface area contributed by atoms with E-state index in [0.717, 1.165) is 12.6 Å². The molecule has 2 heteroatoms. The van der Waals surface area contributed by atoms with Gasteiger partial charge in [0.1, 0.15) is 6.67 Å². The van der Waals surface area contributed by atoms with Gasteiger partial charge in [0, 0.05) is 19.5 Å². The number of hydrogen-bond acceptors (Lipinski definition) is 2. The molecule has 0 spiro atoms. The predicted molar refractivity (Wildman–Crippen MR) is 55.8 cm³/mol. The first-order valence-electron chi connectivity index (χ1n) is 5.28. The molecule has 1 heterocycles. The Kier molecular flexibility index (Phi) is 2.67. The molecule has 0 aromatic heterocycles. The lowest BCUT2D eigenvalue weighted by molar-refractivity contribution is 0.394. The fourth-order valence-electron chi connectivity index (χ4n) is 2.25. The third-order valence-electron chi connectivity index (χ3n) is 2.99. The second-order valence-electron chi connectivity index (χ2n) is 4.17. The van der Waals surface area contributed by atoms with Gasteiger partial charge in [-0.25, -0.2) is 0 Å². The minimum Gasteiger partial charge on any atom is -0.361 e. The Bertz CT molecular complexity index is 224. The summed E-state index contributed by atoms with van der Waals surface area (Å²) in [6.07, 6.45) is 11.3. The Morgan fingerprint density at radius 1 is 1.31 bits per heavy atom. The predicted octanol–water partition coefficient (Wildman–Crippen LogP) is 2.42. The minimum atomic E-state index is 0.792. The van der Waals surface area contributed by atoms with Crippen LogP contribution in [0, 0.1) is 5.92 Å². The van der Waals surface area contributed by atoms with Crippen LogP contribution >= 0.6 is 0 Å². The molecule has 2 nitrogen and oxygen atoms in total. The molecule has 1 aliphatic heterocycles. The van der Waals surface area contributed by atoms with Crippen LogP contribution in [0.1, 0.15) is 32.1 Å². The van der Waals surface area contributed by atoms with Crippen LogP contribution in [0.3, 0.4) is 0 Å². The van der Waals surface area contributed by atoms with Gasteiger partial charge in [-0.1, -0.05) is 19.3 Å². The summed E-state index contributed by atoms with van der Waals surface area (Å²) in [5.41, 5.74) is 1.45. The maximum atomic E-state index is 4.35. The maximum absolute atomic E-state index is 4.35. The molecule has 72 valence electrons. The summed E-state index contributed by atoms with van der Waals surface area (Å²) in [5.74, 6) is 0.792. The molecule has 0 N–H and O–H groups in total. The van der Waals surface area contributed by atoms with Gasteiger partial charge < -0.3 is 4.90 Å². The molecular weight excluding hydrogens is 160 g/mol. The minimum absolute atomic E-state index is 0.792. The smallest absolute Gasteiger partial charge is 0.109 e. The first-order valence-corrected chi connectivity index (χ1v) is 5.28. The van der Waals surface area contributed by atoms with E-state index in [1.807, 2.05) is 0 Å². The molecule has 0 saturated heterocycles. The Labute approximate surface area is 80.3 Å². The van der Waals surface area contributed by atoms with Crippen molar-refractivity contribution < 1.29 is 0 Å². The van der Waals surface area contributed by atoms with Crippen molar-refractivity contribution in [3.05, 3.63) is 11.8 Å². The molecule has 0 amide bonds. The molecule has 1 aliphatic carbocycles.